The number of hydrogen-bond acceptors (Lipinski definition) is 4. The van der Waals surface area contributed by atoms with Crippen LogP contribution in [0.3, 0.4) is 0 Å². The van der Waals surface area contributed by atoms with Gasteiger partial charge in [0.25, 0.3) is 0 Å². The maximum absolute atomic E-state index is 5.98. The molecule has 1 aromatic carbocycles. The van der Waals surface area contributed by atoms with Crippen LogP contribution in [0.4, 0.5) is 11.4 Å². The lowest BCUT2D eigenvalue weighted by molar-refractivity contribution is 0.380. The molecule has 1 fully saturated rings. The van der Waals surface area contributed by atoms with Gasteiger partial charge in [0.2, 0.25) is 0 Å². The summed E-state index contributed by atoms with van der Waals surface area (Å²) in [5.74, 6) is 0.802. The average Bonchev–Trinajstić information content (AvgIpc) is 2.30. The van der Waals surface area contributed by atoms with Crippen LogP contribution in [0.25, 0.3) is 0 Å². The molecule has 0 heterocycles. The fourth-order valence-electron chi connectivity index (χ4n) is 2.11. The Morgan fingerprint density at radius 2 is 2.24 bits per heavy atom. The average molecular weight is 252 g/mol. The number of rotatable bonds is 5. The summed E-state index contributed by atoms with van der Waals surface area (Å²) in [6.45, 7) is 0.991. The largest absolute Gasteiger partial charge is 0.497 e. The highest BCUT2D eigenvalue weighted by molar-refractivity contribution is 8.00. The first-order chi connectivity index (χ1) is 8.19. The zero-order valence-electron chi connectivity index (χ0n) is 10.5. The second kappa shape index (κ2) is 5.08. The molecular weight excluding hydrogens is 232 g/mol. The molecule has 0 radical (unpaired) electrons. The molecule has 0 saturated heterocycles. The molecule has 0 spiro atoms. The van der Waals surface area contributed by atoms with Crippen molar-refractivity contribution >= 4 is 23.1 Å². The molecule has 0 aliphatic heterocycles. The summed E-state index contributed by atoms with van der Waals surface area (Å²) in [7, 11) is 1.65. The topological polar surface area (TPSA) is 47.3 Å². The van der Waals surface area contributed by atoms with Gasteiger partial charge >= 0.3 is 0 Å². The molecule has 1 saturated carbocycles. The number of hydrogen-bond donors (Lipinski definition) is 2. The van der Waals surface area contributed by atoms with E-state index < -0.39 is 0 Å². The highest BCUT2D eigenvalue weighted by atomic mass is 32.2. The van der Waals surface area contributed by atoms with Crippen LogP contribution < -0.4 is 15.8 Å². The van der Waals surface area contributed by atoms with E-state index in [1.54, 1.807) is 7.11 Å². The standard InChI is InChI=1S/C13H20N2OS/c1-16-10-4-5-12(11(14)8-10)15-9-13(17-2)6-3-7-13/h4-5,8,15H,3,6-7,9,14H2,1-2H3. The number of nitrogen functional groups attached to an aromatic ring is 1. The maximum atomic E-state index is 5.98. The maximum Gasteiger partial charge on any atom is 0.121 e. The predicted octanol–water partition coefficient (Wildman–Crippen LogP) is 2.98. The molecule has 0 aromatic heterocycles. The molecule has 3 nitrogen and oxygen atoms in total. The Hall–Kier alpha value is -1.03. The van der Waals surface area contributed by atoms with Crippen LogP contribution in [0.15, 0.2) is 18.2 Å². The summed E-state index contributed by atoms with van der Waals surface area (Å²) in [6.07, 6.45) is 6.15. The second-order valence-electron chi connectivity index (χ2n) is 4.55. The fraction of sp³-hybridized carbons (Fsp3) is 0.538. The second-order valence-corrected chi connectivity index (χ2v) is 5.82. The summed E-state index contributed by atoms with van der Waals surface area (Å²) in [5, 5.41) is 3.46. The zero-order valence-corrected chi connectivity index (χ0v) is 11.3. The van der Waals surface area contributed by atoms with Crippen LogP contribution in [0.1, 0.15) is 19.3 Å². The highest BCUT2D eigenvalue weighted by Gasteiger charge is 2.35. The Morgan fingerprint density at radius 3 is 2.71 bits per heavy atom. The highest BCUT2D eigenvalue weighted by Crippen LogP contribution is 2.43. The van der Waals surface area contributed by atoms with Crippen LogP contribution in [0.2, 0.25) is 0 Å². The van der Waals surface area contributed by atoms with Gasteiger partial charge in [-0.2, -0.15) is 11.8 Å². The van der Waals surface area contributed by atoms with E-state index in [0.29, 0.717) is 4.75 Å². The Kier molecular flexibility index (Phi) is 3.72. The summed E-state index contributed by atoms with van der Waals surface area (Å²) < 4.78 is 5.56. The third-order valence-corrected chi connectivity index (χ3v) is 4.98. The van der Waals surface area contributed by atoms with Crippen molar-refractivity contribution in [3.63, 3.8) is 0 Å². The van der Waals surface area contributed by atoms with Crippen molar-refractivity contribution in [2.45, 2.75) is 24.0 Å². The summed E-state index contributed by atoms with van der Waals surface area (Å²) in [4.78, 5) is 0. The van der Waals surface area contributed by atoms with E-state index >= 15 is 0 Å². The Morgan fingerprint density at radius 1 is 1.47 bits per heavy atom. The van der Waals surface area contributed by atoms with Crippen LogP contribution in [0, 0.1) is 0 Å². The minimum Gasteiger partial charge on any atom is -0.497 e. The number of ether oxygens (including phenoxy) is 1. The quantitative estimate of drug-likeness (QED) is 0.791. The molecule has 1 aliphatic carbocycles. The van der Waals surface area contributed by atoms with Crippen molar-refractivity contribution in [1.29, 1.82) is 0 Å². The number of thioether (sulfide) groups is 1. The summed E-state index contributed by atoms with van der Waals surface area (Å²) in [6, 6.07) is 5.78. The molecule has 4 heteroatoms. The van der Waals surface area contributed by atoms with Gasteiger partial charge in [0.1, 0.15) is 5.75 Å². The third-order valence-electron chi connectivity index (χ3n) is 3.56. The zero-order chi connectivity index (χ0) is 12.3. The molecule has 1 aromatic rings. The minimum atomic E-state index is 0.423. The molecule has 94 valence electrons. The first-order valence-electron chi connectivity index (χ1n) is 5.92. The van der Waals surface area contributed by atoms with Crippen molar-refractivity contribution < 1.29 is 4.74 Å². The van der Waals surface area contributed by atoms with Crippen LogP contribution in [-0.2, 0) is 0 Å². The van der Waals surface area contributed by atoms with Crippen molar-refractivity contribution in [1.82, 2.24) is 0 Å². The van der Waals surface area contributed by atoms with Gasteiger partial charge in [-0.3, -0.25) is 0 Å². The lowest BCUT2D eigenvalue weighted by Gasteiger charge is -2.40. The Balaban J connectivity index is 1.99. The van der Waals surface area contributed by atoms with E-state index in [1.807, 2.05) is 30.0 Å². The number of methoxy groups -OCH3 is 1. The van der Waals surface area contributed by atoms with Crippen molar-refractivity contribution in [3.05, 3.63) is 18.2 Å². The first kappa shape index (κ1) is 12.4. The number of nitrogens with two attached hydrogens (primary N) is 1. The summed E-state index contributed by atoms with van der Waals surface area (Å²) in [5.41, 5.74) is 7.73. The van der Waals surface area contributed by atoms with Crippen LogP contribution in [-0.4, -0.2) is 24.7 Å². The Bertz CT molecular complexity index is 385. The van der Waals surface area contributed by atoms with Gasteiger partial charge in [-0.1, -0.05) is 6.42 Å². The van der Waals surface area contributed by atoms with E-state index in [-0.39, 0.29) is 0 Å². The smallest absolute Gasteiger partial charge is 0.121 e. The number of nitrogens with one attached hydrogen (secondary N) is 1. The lowest BCUT2D eigenvalue weighted by Crippen LogP contribution is -2.40. The van der Waals surface area contributed by atoms with Crippen LogP contribution >= 0.6 is 11.8 Å². The normalized spacial score (nSPS) is 17.3. The van der Waals surface area contributed by atoms with Crippen molar-refractivity contribution in [2.24, 2.45) is 0 Å². The molecular formula is C13H20N2OS. The van der Waals surface area contributed by atoms with Crippen molar-refractivity contribution in [3.8, 4) is 5.75 Å². The minimum absolute atomic E-state index is 0.423. The Labute approximate surface area is 107 Å². The molecule has 1 aliphatic rings. The number of benzene rings is 1. The van der Waals surface area contributed by atoms with Gasteiger partial charge < -0.3 is 15.8 Å². The van der Waals surface area contributed by atoms with Gasteiger partial charge in [-0.15, -0.1) is 0 Å². The molecule has 0 bridgehead atoms. The van der Waals surface area contributed by atoms with Gasteiger partial charge in [0, 0.05) is 17.4 Å². The van der Waals surface area contributed by atoms with E-state index in [0.717, 1.165) is 23.7 Å². The van der Waals surface area contributed by atoms with E-state index in [9.17, 15) is 0 Å². The monoisotopic (exact) mass is 252 g/mol. The molecule has 0 atom stereocenters. The SMILES string of the molecule is COc1ccc(NCC2(SC)CCC2)c(N)c1. The molecule has 17 heavy (non-hydrogen) atoms. The molecule has 0 unspecified atom stereocenters. The van der Waals surface area contributed by atoms with Gasteiger partial charge in [0.05, 0.1) is 18.5 Å². The molecule has 3 N–H and O–H groups in total. The lowest BCUT2D eigenvalue weighted by atomic mass is 9.84. The van der Waals surface area contributed by atoms with Crippen molar-refractivity contribution in [2.75, 3.05) is 31.0 Å². The van der Waals surface area contributed by atoms with Gasteiger partial charge in [-0.25, -0.2) is 0 Å². The van der Waals surface area contributed by atoms with E-state index in [4.69, 9.17) is 10.5 Å². The number of anilines is 2. The van der Waals surface area contributed by atoms with E-state index in [1.165, 1.54) is 19.3 Å². The summed E-state index contributed by atoms with van der Waals surface area (Å²) >= 11 is 1.96. The first-order valence-corrected chi connectivity index (χ1v) is 7.14. The predicted molar refractivity (Wildman–Crippen MR) is 76.0 cm³/mol. The van der Waals surface area contributed by atoms with Crippen LogP contribution in [0.5, 0.6) is 5.75 Å². The fourth-order valence-corrected chi connectivity index (χ4v) is 3.02. The van der Waals surface area contributed by atoms with Gasteiger partial charge in [-0.05, 0) is 31.2 Å². The van der Waals surface area contributed by atoms with Gasteiger partial charge in [0.15, 0.2) is 0 Å². The molecule has 0 amide bonds. The van der Waals surface area contributed by atoms with E-state index in [2.05, 4.69) is 11.6 Å². The molecule has 2 rings (SSSR count). The third kappa shape index (κ3) is 2.63.